The maximum absolute atomic E-state index is 4.23. The van der Waals surface area contributed by atoms with Gasteiger partial charge in [-0.25, -0.2) is 0 Å². The first kappa shape index (κ1) is 13.5. The van der Waals surface area contributed by atoms with Crippen LogP contribution in [0.15, 0.2) is 6.20 Å². The number of aromatic nitrogens is 3. The summed E-state index contributed by atoms with van der Waals surface area (Å²) in [6.07, 6.45) is 7.08. The van der Waals surface area contributed by atoms with Crippen LogP contribution < -0.4 is 5.32 Å². The Morgan fingerprint density at radius 3 is 2.78 bits per heavy atom. The van der Waals surface area contributed by atoms with Gasteiger partial charge in [-0.3, -0.25) is 4.68 Å². The van der Waals surface area contributed by atoms with Crippen molar-refractivity contribution in [3.05, 3.63) is 11.9 Å². The van der Waals surface area contributed by atoms with E-state index in [0.717, 1.165) is 24.0 Å². The summed E-state index contributed by atoms with van der Waals surface area (Å²) in [4.78, 5) is 0. The van der Waals surface area contributed by atoms with E-state index >= 15 is 0 Å². The Balaban J connectivity index is 2.02. The van der Waals surface area contributed by atoms with Gasteiger partial charge in [-0.1, -0.05) is 19.1 Å². The molecule has 1 heterocycles. The van der Waals surface area contributed by atoms with Crippen molar-refractivity contribution >= 4 is 0 Å². The summed E-state index contributed by atoms with van der Waals surface area (Å²) in [5.41, 5.74) is 1.13. The molecular formula is C14H26N4. The van der Waals surface area contributed by atoms with Crippen LogP contribution in [-0.2, 0) is 13.5 Å². The largest absolute Gasteiger partial charge is 0.317 e. The van der Waals surface area contributed by atoms with Gasteiger partial charge in [0.2, 0.25) is 0 Å². The fraction of sp³-hybridized carbons (Fsp3) is 0.857. The first-order valence-corrected chi connectivity index (χ1v) is 7.12. The standard InChI is InChI=1S/C14H26N4/c1-10(2)11-5-6-14(15-3)12(7-11)8-13-9-18(4)17-16-13/h9-12,14-15H,5-8H2,1-4H3. The lowest BCUT2D eigenvalue weighted by Gasteiger charge is -2.37. The summed E-state index contributed by atoms with van der Waals surface area (Å²) in [6.45, 7) is 4.70. The van der Waals surface area contributed by atoms with Crippen molar-refractivity contribution in [3.63, 3.8) is 0 Å². The topological polar surface area (TPSA) is 42.7 Å². The van der Waals surface area contributed by atoms with Gasteiger partial charge >= 0.3 is 0 Å². The third-order valence-electron chi connectivity index (χ3n) is 4.46. The van der Waals surface area contributed by atoms with Gasteiger partial charge in [0.25, 0.3) is 0 Å². The maximum atomic E-state index is 4.23. The fourth-order valence-electron chi connectivity index (χ4n) is 3.27. The molecule has 4 heteroatoms. The molecule has 102 valence electrons. The second kappa shape index (κ2) is 5.83. The summed E-state index contributed by atoms with van der Waals surface area (Å²) in [7, 11) is 4.02. The van der Waals surface area contributed by atoms with Crippen LogP contribution in [0.5, 0.6) is 0 Å². The van der Waals surface area contributed by atoms with E-state index in [2.05, 4.69) is 36.5 Å². The molecule has 3 atom stereocenters. The Labute approximate surface area is 110 Å². The first-order valence-electron chi connectivity index (χ1n) is 7.12. The van der Waals surface area contributed by atoms with Gasteiger partial charge in [0.1, 0.15) is 0 Å². The number of nitrogens with zero attached hydrogens (tertiary/aromatic N) is 3. The molecule has 0 amide bonds. The van der Waals surface area contributed by atoms with E-state index < -0.39 is 0 Å². The Hall–Kier alpha value is -0.900. The average molecular weight is 250 g/mol. The molecule has 1 aliphatic rings. The van der Waals surface area contributed by atoms with Crippen molar-refractivity contribution in [1.82, 2.24) is 20.3 Å². The predicted octanol–water partition coefficient (Wildman–Crippen LogP) is 2.02. The van der Waals surface area contributed by atoms with Crippen molar-refractivity contribution in [2.45, 2.75) is 45.6 Å². The molecule has 0 saturated heterocycles. The molecule has 0 spiro atoms. The molecule has 4 nitrogen and oxygen atoms in total. The molecule has 0 radical (unpaired) electrons. The van der Waals surface area contributed by atoms with E-state index in [-0.39, 0.29) is 0 Å². The molecule has 18 heavy (non-hydrogen) atoms. The van der Waals surface area contributed by atoms with Crippen LogP contribution in [0.25, 0.3) is 0 Å². The van der Waals surface area contributed by atoms with E-state index in [1.165, 1.54) is 19.3 Å². The van der Waals surface area contributed by atoms with Gasteiger partial charge in [-0.2, -0.15) is 0 Å². The lowest BCUT2D eigenvalue weighted by atomic mass is 9.72. The monoisotopic (exact) mass is 250 g/mol. The average Bonchev–Trinajstić information content (AvgIpc) is 2.74. The van der Waals surface area contributed by atoms with Crippen molar-refractivity contribution < 1.29 is 0 Å². The second-order valence-corrected chi connectivity index (χ2v) is 6.06. The molecule has 1 aromatic rings. The smallest absolute Gasteiger partial charge is 0.0830 e. The summed E-state index contributed by atoms with van der Waals surface area (Å²) < 4.78 is 1.80. The third kappa shape index (κ3) is 3.10. The molecule has 0 aliphatic heterocycles. The minimum Gasteiger partial charge on any atom is -0.317 e. The zero-order chi connectivity index (χ0) is 13.1. The Kier molecular flexibility index (Phi) is 4.38. The van der Waals surface area contributed by atoms with Crippen LogP contribution in [0.1, 0.15) is 38.8 Å². The highest BCUT2D eigenvalue weighted by Crippen LogP contribution is 2.35. The number of hydrogen-bond donors (Lipinski definition) is 1. The quantitative estimate of drug-likeness (QED) is 0.889. The summed E-state index contributed by atoms with van der Waals surface area (Å²) in [6, 6.07) is 0.641. The molecule has 0 aromatic carbocycles. The Morgan fingerprint density at radius 1 is 1.44 bits per heavy atom. The number of rotatable bonds is 4. The highest BCUT2D eigenvalue weighted by molar-refractivity contribution is 4.98. The van der Waals surface area contributed by atoms with Gasteiger partial charge in [0.15, 0.2) is 0 Å². The fourth-order valence-corrected chi connectivity index (χ4v) is 3.27. The van der Waals surface area contributed by atoms with Crippen LogP contribution in [0.4, 0.5) is 0 Å². The van der Waals surface area contributed by atoms with E-state index in [9.17, 15) is 0 Å². The molecule has 0 bridgehead atoms. The summed E-state index contributed by atoms with van der Waals surface area (Å²) in [5, 5.41) is 11.8. The highest BCUT2D eigenvalue weighted by atomic mass is 15.4. The van der Waals surface area contributed by atoms with E-state index in [1.54, 1.807) is 4.68 Å². The Bertz CT molecular complexity index is 372. The van der Waals surface area contributed by atoms with Crippen LogP contribution >= 0.6 is 0 Å². The maximum Gasteiger partial charge on any atom is 0.0830 e. The molecule has 1 aromatic heterocycles. The van der Waals surface area contributed by atoms with Gasteiger partial charge in [0.05, 0.1) is 5.69 Å². The molecule has 1 fully saturated rings. The SMILES string of the molecule is CNC1CCC(C(C)C)CC1Cc1cn(C)nn1. The minimum atomic E-state index is 0.641. The van der Waals surface area contributed by atoms with E-state index in [1.807, 2.05) is 13.2 Å². The van der Waals surface area contributed by atoms with Crippen LogP contribution in [0.2, 0.25) is 0 Å². The van der Waals surface area contributed by atoms with Gasteiger partial charge in [-0.15, -0.1) is 5.10 Å². The van der Waals surface area contributed by atoms with Crippen LogP contribution in [0.3, 0.4) is 0 Å². The van der Waals surface area contributed by atoms with Crippen molar-refractivity contribution in [3.8, 4) is 0 Å². The lowest BCUT2D eigenvalue weighted by Crippen LogP contribution is -2.40. The molecule has 1 saturated carbocycles. The minimum absolute atomic E-state index is 0.641. The van der Waals surface area contributed by atoms with Crippen molar-refractivity contribution in [2.24, 2.45) is 24.8 Å². The van der Waals surface area contributed by atoms with Crippen molar-refractivity contribution in [2.75, 3.05) is 7.05 Å². The molecule has 3 unspecified atom stereocenters. The zero-order valence-corrected chi connectivity index (χ0v) is 12.1. The van der Waals surface area contributed by atoms with Crippen LogP contribution in [-0.4, -0.2) is 28.1 Å². The lowest BCUT2D eigenvalue weighted by molar-refractivity contribution is 0.172. The van der Waals surface area contributed by atoms with Gasteiger partial charge in [0, 0.05) is 19.3 Å². The number of hydrogen-bond acceptors (Lipinski definition) is 3. The van der Waals surface area contributed by atoms with Crippen LogP contribution in [0, 0.1) is 17.8 Å². The van der Waals surface area contributed by atoms with Gasteiger partial charge < -0.3 is 5.32 Å². The summed E-state index contributed by atoms with van der Waals surface area (Å²) in [5.74, 6) is 2.37. The normalized spacial score (nSPS) is 28.8. The van der Waals surface area contributed by atoms with Crippen molar-refractivity contribution in [1.29, 1.82) is 0 Å². The molecule has 2 rings (SSSR count). The number of nitrogens with one attached hydrogen (secondary N) is 1. The Morgan fingerprint density at radius 2 is 2.22 bits per heavy atom. The predicted molar refractivity (Wildman–Crippen MR) is 73.2 cm³/mol. The molecular weight excluding hydrogens is 224 g/mol. The molecule has 1 aliphatic carbocycles. The highest BCUT2D eigenvalue weighted by Gasteiger charge is 2.31. The third-order valence-corrected chi connectivity index (χ3v) is 4.46. The van der Waals surface area contributed by atoms with E-state index in [4.69, 9.17) is 0 Å². The van der Waals surface area contributed by atoms with E-state index in [0.29, 0.717) is 12.0 Å². The molecule has 1 N–H and O–H groups in total. The zero-order valence-electron chi connectivity index (χ0n) is 12.1. The van der Waals surface area contributed by atoms with Gasteiger partial charge in [-0.05, 0) is 50.5 Å². The summed E-state index contributed by atoms with van der Waals surface area (Å²) >= 11 is 0. The first-order chi connectivity index (χ1) is 8.60. The number of aryl methyl sites for hydroxylation is 1. The second-order valence-electron chi connectivity index (χ2n) is 6.06.